The standard InChI is InChI=1S/C21H14N6O3S/c22-12-15-6-4-14(5-7-15)10-18-13-23-21(31-18)24-20(28)19-8-9-26(25-19)16-2-1-3-17(11-16)27(29)30/h1-9,11,13H,10H2,(H,23,24,28). The number of thiazole rings is 1. The lowest BCUT2D eigenvalue weighted by Gasteiger charge is -2.01. The summed E-state index contributed by atoms with van der Waals surface area (Å²) in [6, 6.07) is 16.9. The molecular formula is C21H14N6O3S. The van der Waals surface area contributed by atoms with Crippen LogP contribution in [-0.2, 0) is 6.42 Å². The Kier molecular flexibility index (Phi) is 5.51. The molecule has 0 saturated carbocycles. The van der Waals surface area contributed by atoms with Crippen LogP contribution in [0.15, 0.2) is 67.0 Å². The van der Waals surface area contributed by atoms with Crippen molar-refractivity contribution in [2.45, 2.75) is 6.42 Å². The van der Waals surface area contributed by atoms with Crippen molar-refractivity contribution in [3.8, 4) is 11.8 Å². The SMILES string of the molecule is N#Cc1ccc(Cc2cnc(NC(=O)c3ccn(-c4cccc([N+](=O)[O-])c4)n3)s2)cc1. The van der Waals surface area contributed by atoms with Crippen LogP contribution in [0, 0.1) is 21.4 Å². The molecule has 4 rings (SSSR count). The van der Waals surface area contributed by atoms with Gasteiger partial charge >= 0.3 is 0 Å². The molecule has 0 atom stereocenters. The Morgan fingerprint density at radius 3 is 2.77 bits per heavy atom. The quantitative estimate of drug-likeness (QED) is 0.364. The van der Waals surface area contributed by atoms with E-state index in [1.54, 1.807) is 36.7 Å². The van der Waals surface area contributed by atoms with E-state index >= 15 is 0 Å². The third kappa shape index (κ3) is 4.63. The van der Waals surface area contributed by atoms with Gasteiger partial charge in [0.2, 0.25) is 0 Å². The molecule has 2 aromatic carbocycles. The largest absolute Gasteiger partial charge is 0.296 e. The molecule has 0 saturated heterocycles. The van der Waals surface area contributed by atoms with Gasteiger partial charge in [0.15, 0.2) is 10.8 Å². The molecule has 4 aromatic rings. The van der Waals surface area contributed by atoms with Crippen LogP contribution in [0.2, 0.25) is 0 Å². The number of non-ortho nitro benzene ring substituents is 1. The normalized spacial score (nSPS) is 10.4. The van der Waals surface area contributed by atoms with E-state index in [1.165, 1.54) is 34.2 Å². The van der Waals surface area contributed by atoms with E-state index in [2.05, 4.69) is 21.5 Å². The molecule has 1 N–H and O–H groups in total. The summed E-state index contributed by atoms with van der Waals surface area (Å²) in [4.78, 5) is 28.2. The molecule has 0 aliphatic carbocycles. The number of nitrogens with one attached hydrogen (secondary N) is 1. The van der Waals surface area contributed by atoms with Crippen molar-refractivity contribution < 1.29 is 9.72 Å². The van der Waals surface area contributed by atoms with Crippen molar-refractivity contribution in [1.82, 2.24) is 14.8 Å². The van der Waals surface area contributed by atoms with Crippen molar-refractivity contribution in [3.05, 3.63) is 98.8 Å². The van der Waals surface area contributed by atoms with Crippen molar-refractivity contribution in [1.29, 1.82) is 5.26 Å². The Balaban J connectivity index is 1.43. The summed E-state index contributed by atoms with van der Waals surface area (Å²) >= 11 is 1.35. The van der Waals surface area contributed by atoms with Crippen molar-refractivity contribution in [2.75, 3.05) is 5.32 Å². The molecule has 0 unspecified atom stereocenters. The van der Waals surface area contributed by atoms with Gasteiger partial charge in [0.25, 0.3) is 11.6 Å². The van der Waals surface area contributed by atoms with Gasteiger partial charge in [-0.05, 0) is 29.8 Å². The van der Waals surface area contributed by atoms with E-state index in [0.29, 0.717) is 22.8 Å². The molecule has 2 aromatic heterocycles. The number of carbonyl (C=O) groups is 1. The van der Waals surface area contributed by atoms with E-state index in [4.69, 9.17) is 5.26 Å². The van der Waals surface area contributed by atoms with Gasteiger partial charge in [0.05, 0.1) is 22.2 Å². The number of nitro groups is 1. The maximum atomic E-state index is 12.5. The number of aromatic nitrogens is 3. The lowest BCUT2D eigenvalue weighted by atomic mass is 10.1. The zero-order chi connectivity index (χ0) is 21.8. The number of hydrogen-bond donors (Lipinski definition) is 1. The number of anilines is 1. The molecule has 152 valence electrons. The fraction of sp³-hybridized carbons (Fsp3) is 0.0476. The molecule has 31 heavy (non-hydrogen) atoms. The van der Waals surface area contributed by atoms with Crippen LogP contribution < -0.4 is 5.32 Å². The number of hydrogen-bond acceptors (Lipinski definition) is 7. The smallest absolute Gasteiger partial charge is 0.277 e. The molecule has 0 bridgehead atoms. The number of nitriles is 1. The minimum Gasteiger partial charge on any atom is -0.296 e. The third-order valence-electron chi connectivity index (χ3n) is 4.36. The zero-order valence-corrected chi connectivity index (χ0v) is 16.7. The Labute approximate surface area is 180 Å². The predicted octanol–water partition coefficient (Wildman–Crippen LogP) is 3.95. The van der Waals surface area contributed by atoms with Gasteiger partial charge in [-0.25, -0.2) is 9.67 Å². The summed E-state index contributed by atoms with van der Waals surface area (Å²) < 4.78 is 1.40. The second kappa shape index (κ2) is 8.56. The van der Waals surface area contributed by atoms with E-state index in [9.17, 15) is 14.9 Å². The molecule has 0 aliphatic heterocycles. The monoisotopic (exact) mass is 430 g/mol. The molecule has 0 radical (unpaired) electrons. The highest BCUT2D eigenvalue weighted by atomic mass is 32.1. The first-order chi connectivity index (χ1) is 15.0. The Morgan fingerprint density at radius 2 is 2.03 bits per heavy atom. The van der Waals surface area contributed by atoms with Gasteiger partial charge in [-0.1, -0.05) is 18.2 Å². The first-order valence-corrected chi connectivity index (χ1v) is 9.89. The van der Waals surface area contributed by atoms with Crippen LogP contribution in [0.25, 0.3) is 5.69 Å². The molecule has 9 nitrogen and oxygen atoms in total. The minimum atomic E-state index is -0.488. The second-order valence-corrected chi connectivity index (χ2v) is 7.61. The van der Waals surface area contributed by atoms with Gasteiger partial charge in [0.1, 0.15) is 0 Å². The average Bonchev–Trinajstić information content (AvgIpc) is 3.44. The lowest BCUT2D eigenvalue weighted by Crippen LogP contribution is -2.13. The number of carbonyl (C=O) groups excluding carboxylic acids is 1. The van der Waals surface area contributed by atoms with Gasteiger partial charge in [-0.15, -0.1) is 11.3 Å². The number of rotatable bonds is 6. The molecule has 0 fully saturated rings. The summed E-state index contributed by atoms with van der Waals surface area (Å²) in [5, 5.41) is 27.2. The van der Waals surface area contributed by atoms with E-state index in [0.717, 1.165) is 10.4 Å². The fourth-order valence-corrected chi connectivity index (χ4v) is 3.69. The Morgan fingerprint density at radius 1 is 1.23 bits per heavy atom. The minimum absolute atomic E-state index is 0.0587. The molecular weight excluding hydrogens is 416 g/mol. The van der Waals surface area contributed by atoms with Gasteiger partial charge in [0, 0.05) is 35.8 Å². The average molecular weight is 430 g/mol. The number of amides is 1. The summed E-state index contributed by atoms with van der Waals surface area (Å²) in [6.07, 6.45) is 3.90. The first-order valence-electron chi connectivity index (χ1n) is 9.07. The maximum Gasteiger partial charge on any atom is 0.277 e. The zero-order valence-electron chi connectivity index (χ0n) is 15.9. The summed E-state index contributed by atoms with van der Waals surface area (Å²) in [6.45, 7) is 0. The number of nitrogens with zero attached hydrogens (tertiary/aromatic N) is 5. The predicted molar refractivity (Wildman–Crippen MR) is 114 cm³/mol. The van der Waals surface area contributed by atoms with Crippen LogP contribution in [0.1, 0.15) is 26.5 Å². The third-order valence-corrected chi connectivity index (χ3v) is 5.27. The van der Waals surface area contributed by atoms with Crippen LogP contribution in [0.5, 0.6) is 0 Å². The van der Waals surface area contributed by atoms with Crippen molar-refractivity contribution >= 4 is 28.1 Å². The van der Waals surface area contributed by atoms with Gasteiger partial charge in [-0.2, -0.15) is 10.4 Å². The summed E-state index contributed by atoms with van der Waals surface area (Å²) in [7, 11) is 0. The van der Waals surface area contributed by atoms with Crippen LogP contribution >= 0.6 is 11.3 Å². The molecule has 2 heterocycles. The molecule has 10 heteroatoms. The van der Waals surface area contributed by atoms with Gasteiger partial charge in [-0.3, -0.25) is 20.2 Å². The summed E-state index contributed by atoms with van der Waals surface area (Å²) in [5.41, 5.74) is 2.22. The lowest BCUT2D eigenvalue weighted by molar-refractivity contribution is -0.384. The maximum absolute atomic E-state index is 12.5. The van der Waals surface area contributed by atoms with Crippen LogP contribution in [-0.4, -0.2) is 25.6 Å². The van der Waals surface area contributed by atoms with E-state index in [-0.39, 0.29) is 11.4 Å². The number of benzene rings is 2. The molecule has 0 aliphatic rings. The van der Waals surface area contributed by atoms with Crippen LogP contribution in [0.3, 0.4) is 0 Å². The highest BCUT2D eigenvalue weighted by Crippen LogP contribution is 2.22. The topological polar surface area (TPSA) is 127 Å². The fourth-order valence-electron chi connectivity index (χ4n) is 2.84. The van der Waals surface area contributed by atoms with E-state index in [1.807, 2.05) is 12.1 Å². The highest BCUT2D eigenvalue weighted by Gasteiger charge is 2.14. The molecule has 0 spiro atoms. The van der Waals surface area contributed by atoms with Crippen LogP contribution in [0.4, 0.5) is 10.8 Å². The summed E-state index contributed by atoms with van der Waals surface area (Å²) in [5.74, 6) is -0.427. The first kappa shape index (κ1) is 19.9. The van der Waals surface area contributed by atoms with Gasteiger partial charge < -0.3 is 0 Å². The Bertz CT molecular complexity index is 1300. The second-order valence-electron chi connectivity index (χ2n) is 6.49. The highest BCUT2D eigenvalue weighted by molar-refractivity contribution is 7.15. The van der Waals surface area contributed by atoms with Crippen molar-refractivity contribution in [2.24, 2.45) is 0 Å². The molecule has 1 amide bonds. The van der Waals surface area contributed by atoms with Crippen molar-refractivity contribution in [3.63, 3.8) is 0 Å². The Hall–Kier alpha value is -4.36. The van der Waals surface area contributed by atoms with E-state index < -0.39 is 10.8 Å². The number of nitro benzene ring substituents is 1.